The van der Waals surface area contributed by atoms with E-state index >= 15 is 0 Å². The summed E-state index contributed by atoms with van der Waals surface area (Å²) in [6.45, 7) is 8.29. The maximum absolute atomic E-state index is 14.2. The van der Waals surface area contributed by atoms with Crippen LogP contribution in [0.15, 0.2) is 12.2 Å². The van der Waals surface area contributed by atoms with Crippen molar-refractivity contribution in [3.05, 3.63) is 12.2 Å². The third-order valence-corrected chi connectivity index (χ3v) is 18.2. The summed E-state index contributed by atoms with van der Waals surface area (Å²) in [6.07, 6.45) is 37.0. The molecule has 0 aromatic rings. The van der Waals surface area contributed by atoms with Crippen molar-refractivity contribution >= 4 is 21.6 Å². The Balaban J connectivity index is 2.43. The molecule has 0 aromatic carbocycles. The first-order chi connectivity index (χ1) is 42.6. The number of ether oxygens (including phenoxy) is 8. The third kappa shape index (κ3) is 41.7. The first-order valence-corrected chi connectivity index (χ1v) is 38.5. The molecule has 11 atom stereocenters. The van der Waals surface area contributed by atoms with Crippen molar-refractivity contribution in [2.75, 3.05) is 53.9 Å². The predicted octanol–water partition coefficient (Wildman–Crippen LogP) is 15.4. The summed E-state index contributed by atoms with van der Waals surface area (Å²) in [6, 6.07) is -1.22. The molecule has 2 aliphatic heterocycles. The van der Waals surface area contributed by atoms with Crippen LogP contribution in [0.2, 0.25) is 0 Å². The van der Waals surface area contributed by atoms with Crippen molar-refractivity contribution in [3.63, 3.8) is 0 Å². The average molecular weight is 1300 g/mol. The molecule has 2 aliphatic rings. The Bertz CT molecular complexity index is 1740. The van der Waals surface area contributed by atoms with Crippen molar-refractivity contribution in [2.45, 2.75) is 358 Å². The lowest BCUT2D eigenvalue weighted by Crippen LogP contribution is -2.67. The highest BCUT2D eigenvalue weighted by atomic mass is 31.2. The van der Waals surface area contributed by atoms with Crippen LogP contribution in [0.25, 0.3) is 0 Å². The highest BCUT2D eigenvalue weighted by Crippen LogP contribution is 2.43. The number of unbranched alkanes of at least 4 members (excludes halogenated alkanes) is 33. The van der Waals surface area contributed by atoms with Crippen LogP contribution in [0.5, 0.6) is 0 Å². The van der Waals surface area contributed by atoms with Gasteiger partial charge in [-0.2, -0.15) is 0 Å². The number of phosphoric ester groups is 2. The van der Waals surface area contributed by atoms with Crippen LogP contribution in [0, 0.1) is 0 Å². The summed E-state index contributed by atoms with van der Waals surface area (Å²) in [4.78, 5) is 54.8. The first kappa shape index (κ1) is 83.2. The van der Waals surface area contributed by atoms with E-state index in [-0.39, 0.29) is 38.3 Å². The van der Waals surface area contributed by atoms with Gasteiger partial charge in [0.05, 0.1) is 25.9 Å². The lowest BCUT2D eigenvalue weighted by Gasteiger charge is -2.47. The number of hydrogen-bond acceptors (Lipinski definition) is 14. The smallest absolute Gasteiger partial charge is 0.387 e. The van der Waals surface area contributed by atoms with Crippen molar-refractivity contribution in [1.29, 1.82) is 0 Å². The molecule has 19 nitrogen and oxygen atoms in total. The van der Waals surface area contributed by atoms with Crippen LogP contribution in [0.3, 0.4) is 0 Å². The average Bonchev–Trinajstić information content (AvgIpc) is 1.64. The van der Waals surface area contributed by atoms with Gasteiger partial charge in [-0.05, 0) is 57.8 Å². The summed E-state index contributed by atoms with van der Waals surface area (Å²) in [5, 5.41) is 15.4. The summed E-state index contributed by atoms with van der Waals surface area (Å²) >= 11 is 0. The van der Waals surface area contributed by atoms with E-state index < -0.39 is 90.0 Å². The Morgan fingerprint density at radius 3 is 1.39 bits per heavy atom. The van der Waals surface area contributed by atoms with E-state index in [2.05, 4.69) is 45.2 Å². The number of allylic oxidation sites excluding steroid dienone is 2. The van der Waals surface area contributed by atoms with Gasteiger partial charge in [-0.15, -0.1) is 0 Å². The second kappa shape index (κ2) is 54.3. The monoisotopic (exact) mass is 1300 g/mol. The van der Waals surface area contributed by atoms with E-state index in [0.29, 0.717) is 25.9 Å². The number of carbonyl (C=O) groups is 1. The molecule has 0 saturated carbocycles. The molecular weight excluding hydrogens is 1170 g/mol. The Hall–Kier alpha value is -0.930. The van der Waals surface area contributed by atoms with Gasteiger partial charge in [0.2, 0.25) is 5.91 Å². The lowest BCUT2D eigenvalue weighted by molar-refractivity contribution is -0.299. The van der Waals surface area contributed by atoms with E-state index in [1.807, 2.05) is 0 Å². The Morgan fingerprint density at radius 2 is 0.909 bits per heavy atom. The van der Waals surface area contributed by atoms with E-state index in [9.17, 15) is 38.6 Å². The number of phosphoric acid groups is 2. The van der Waals surface area contributed by atoms with E-state index in [0.717, 1.165) is 122 Å². The normalized spacial score (nSPS) is 23.1. The molecule has 0 spiro atoms. The maximum Gasteiger partial charge on any atom is 0.470 e. The molecule has 6 N–H and O–H groups in total. The van der Waals surface area contributed by atoms with Crippen LogP contribution >= 0.6 is 15.6 Å². The van der Waals surface area contributed by atoms with Gasteiger partial charge in [0.15, 0.2) is 6.29 Å². The fourth-order valence-electron chi connectivity index (χ4n) is 11.9. The molecule has 0 aromatic heterocycles. The summed E-state index contributed by atoms with van der Waals surface area (Å²) in [5.41, 5.74) is 0. The largest absolute Gasteiger partial charge is 0.470 e. The minimum atomic E-state index is -5.22. The summed E-state index contributed by atoms with van der Waals surface area (Å²) in [5.74, 6) is -0.359. The molecule has 0 radical (unpaired) electrons. The minimum absolute atomic E-state index is 0.0659. The number of aliphatic hydroxyl groups is 1. The number of hydrogen-bond donors (Lipinski definition) is 6. The molecule has 0 bridgehead atoms. The molecule has 2 heterocycles. The number of rotatable bonds is 61. The topological polar surface area (TPSA) is 257 Å². The number of nitrogens with one attached hydrogen (secondary N) is 1. The summed E-state index contributed by atoms with van der Waals surface area (Å²) < 4.78 is 86.3. The Labute approximate surface area is 534 Å². The SMILES string of the molecule is CCCCCCCC/C=C/CCCCCCCC(=O)N[C@H]1[C@H](OC[C@H]2O[C@H](COP(=O)(O)O)[C@H](OCCCCCCCCCCCC)[C@@H](OCCCCCCCCCCCC)[C@@H]2O)O[C@H](COC)[C@@H](OP(=O)(O)O)[C@@H]1OCC[C@@H](CCCCCCC)OC. The molecule has 2 saturated heterocycles. The number of amides is 1. The fraction of sp³-hybridized carbons (Fsp3) is 0.955. The molecule has 2 rings (SSSR count). The molecule has 0 aliphatic carbocycles. The maximum atomic E-state index is 14.2. The van der Waals surface area contributed by atoms with Gasteiger partial charge in [-0.3, -0.25) is 13.8 Å². The molecule has 2 fully saturated rings. The van der Waals surface area contributed by atoms with E-state index in [1.54, 1.807) is 7.11 Å². The molecule has 0 unspecified atom stereocenters. The Morgan fingerprint density at radius 1 is 0.466 bits per heavy atom. The van der Waals surface area contributed by atoms with Gasteiger partial charge in [-0.1, -0.05) is 239 Å². The first-order valence-electron chi connectivity index (χ1n) is 35.5. The van der Waals surface area contributed by atoms with Crippen LogP contribution in [0.1, 0.15) is 291 Å². The molecule has 1 amide bonds. The van der Waals surface area contributed by atoms with Gasteiger partial charge in [0.1, 0.15) is 54.9 Å². The highest BCUT2D eigenvalue weighted by Gasteiger charge is 2.53. The van der Waals surface area contributed by atoms with Crippen molar-refractivity contribution in [2.24, 2.45) is 0 Å². The minimum Gasteiger partial charge on any atom is -0.387 e. The second-order valence-electron chi connectivity index (χ2n) is 25.0. The molecule has 522 valence electrons. The third-order valence-electron chi connectivity index (χ3n) is 17.1. The quantitative estimate of drug-likeness (QED) is 0.0188. The van der Waals surface area contributed by atoms with Gasteiger partial charge in [0.25, 0.3) is 0 Å². The van der Waals surface area contributed by atoms with Crippen LogP contribution < -0.4 is 5.32 Å². The lowest BCUT2D eigenvalue weighted by atomic mass is 9.94. The van der Waals surface area contributed by atoms with E-state index in [1.165, 1.54) is 123 Å². The van der Waals surface area contributed by atoms with Gasteiger partial charge < -0.3 is 67.9 Å². The number of methoxy groups -OCH3 is 2. The second-order valence-corrected chi connectivity index (χ2v) is 27.5. The van der Waals surface area contributed by atoms with Gasteiger partial charge in [-0.25, -0.2) is 9.13 Å². The molecule has 21 heteroatoms. The standard InChI is InChI=1S/C67H131NO18P2/c1-7-11-15-19-22-25-28-29-30-31-32-33-36-40-44-48-60(69)68-61-65(81-52-49-56(78-6)47-43-39-18-14-10-4)64(86-88(74,75)76)58(53-77-5)85-67(61)82-54-57-62(70)66(80-51-46-42-38-35-27-24-21-17-13-9-3)63(59(84-57)55-83-87(71,72)73)79-50-45-41-37-34-26-23-20-16-12-8-2/h29-30,56-59,61-67,70H,7-28,31-55H2,1-6H3,(H,68,69)(H2,71,72,73)(H2,74,75,76)/b30-29+/t56-,57-,58-,59-,61-,62-,63+,64-,65-,66+,67-/m1/s1. The van der Waals surface area contributed by atoms with Crippen molar-refractivity contribution in [1.82, 2.24) is 5.32 Å². The van der Waals surface area contributed by atoms with Crippen LogP contribution in [-0.4, -0.2) is 152 Å². The van der Waals surface area contributed by atoms with Crippen LogP contribution in [-0.2, 0) is 60.9 Å². The van der Waals surface area contributed by atoms with E-state index in [4.69, 9.17) is 46.9 Å². The Kier molecular flexibility index (Phi) is 51.3. The van der Waals surface area contributed by atoms with Crippen molar-refractivity contribution < 1.29 is 85.5 Å². The fourth-order valence-corrected chi connectivity index (χ4v) is 12.8. The predicted molar refractivity (Wildman–Crippen MR) is 349 cm³/mol. The molecular formula is C67H131NO18P2. The zero-order chi connectivity index (χ0) is 64.4. The zero-order valence-electron chi connectivity index (χ0n) is 56.2. The number of carbonyl (C=O) groups excluding carboxylic acids is 1. The molecule has 88 heavy (non-hydrogen) atoms. The summed E-state index contributed by atoms with van der Waals surface area (Å²) in [7, 11) is -7.17. The van der Waals surface area contributed by atoms with Crippen molar-refractivity contribution in [3.8, 4) is 0 Å². The van der Waals surface area contributed by atoms with Gasteiger partial charge >= 0.3 is 15.6 Å². The van der Waals surface area contributed by atoms with Gasteiger partial charge in [0, 0.05) is 40.5 Å². The highest BCUT2D eigenvalue weighted by molar-refractivity contribution is 7.46. The van der Waals surface area contributed by atoms with Crippen LogP contribution in [0.4, 0.5) is 0 Å². The number of aliphatic hydroxyl groups excluding tert-OH is 1. The zero-order valence-corrected chi connectivity index (χ0v) is 58.0.